The summed E-state index contributed by atoms with van der Waals surface area (Å²) < 4.78 is 12.1. The number of morpholine rings is 1. The Morgan fingerprint density at radius 2 is 1.83 bits per heavy atom. The molecule has 1 N–H and O–H groups in total. The minimum atomic E-state index is 0.0492. The Balaban J connectivity index is 1.98. The first-order valence-corrected chi connectivity index (χ1v) is 7.72. The van der Waals surface area contributed by atoms with Gasteiger partial charge in [-0.1, -0.05) is 32.1 Å². The van der Waals surface area contributed by atoms with Crippen molar-refractivity contribution in [3.63, 3.8) is 0 Å². The number of nitrogens with one attached hydrogen (secondary N) is 1. The SMILES string of the molecule is CC(C)OCC1NCCOC12CCCCCCC2. The van der Waals surface area contributed by atoms with Crippen molar-refractivity contribution in [1.82, 2.24) is 5.32 Å². The fraction of sp³-hybridized carbons (Fsp3) is 1.00. The van der Waals surface area contributed by atoms with E-state index in [1.807, 2.05) is 0 Å². The van der Waals surface area contributed by atoms with Crippen LogP contribution in [0.3, 0.4) is 0 Å². The molecule has 1 saturated carbocycles. The molecule has 1 aliphatic carbocycles. The first-order chi connectivity index (χ1) is 8.73. The minimum absolute atomic E-state index is 0.0492. The molecule has 0 radical (unpaired) electrons. The Labute approximate surface area is 112 Å². The highest BCUT2D eigenvalue weighted by Gasteiger charge is 2.41. The second-order valence-corrected chi connectivity index (χ2v) is 6.07. The first-order valence-electron chi connectivity index (χ1n) is 7.72. The largest absolute Gasteiger partial charge is 0.377 e. The lowest BCUT2D eigenvalue weighted by Crippen LogP contribution is -2.60. The average molecular weight is 255 g/mol. The lowest BCUT2D eigenvalue weighted by molar-refractivity contribution is -0.130. The number of rotatable bonds is 3. The van der Waals surface area contributed by atoms with Crippen LogP contribution in [0.15, 0.2) is 0 Å². The molecule has 18 heavy (non-hydrogen) atoms. The van der Waals surface area contributed by atoms with Gasteiger partial charge in [-0.05, 0) is 26.7 Å². The summed E-state index contributed by atoms with van der Waals surface area (Å²) in [5.74, 6) is 0. The van der Waals surface area contributed by atoms with E-state index >= 15 is 0 Å². The number of ether oxygens (including phenoxy) is 2. The van der Waals surface area contributed by atoms with E-state index in [-0.39, 0.29) is 5.60 Å². The van der Waals surface area contributed by atoms with Crippen molar-refractivity contribution in [3.8, 4) is 0 Å². The fourth-order valence-electron chi connectivity index (χ4n) is 3.27. The second-order valence-electron chi connectivity index (χ2n) is 6.07. The van der Waals surface area contributed by atoms with E-state index in [9.17, 15) is 0 Å². The Kier molecular flexibility index (Phi) is 5.46. The summed E-state index contributed by atoms with van der Waals surface area (Å²) in [5.41, 5.74) is 0.0492. The molecule has 1 aliphatic heterocycles. The van der Waals surface area contributed by atoms with Gasteiger partial charge in [0.2, 0.25) is 0 Å². The van der Waals surface area contributed by atoms with Gasteiger partial charge in [0, 0.05) is 6.54 Å². The molecular formula is C15H29NO2. The molecule has 0 aromatic carbocycles. The van der Waals surface area contributed by atoms with Gasteiger partial charge in [0.1, 0.15) is 0 Å². The monoisotopic (exact) mass is 255 g/mol. The van der Waals surface area contributed by atoms with E-state index in [0.717, 1.165) is 19.8 Å². The third kappa shape index (κ3) is 3.69. The van der Waals surface area contributed by atoms with Crippen LogP contribution in [0.2, 0.25) is 0 Å². The van der Waals surface area contributed by atoms with Crippen LogP contribution in [0.25, 0.3) is 0 Å². The Morgan fingerprint density at radius 3 is 2.50 bits per heavy atom. The molecular weight excluding hydrogens is 226 g/mol. The summed E-state index contributed by atoms with van der Waals surface area (Å²) >= 11 is 0. The minimum Gasteiger partial charge on any atom is -0.377 e. The van der Waals surface area contributed by atoms with Gasteiger partial charge in [-0.2, -0.15) is 0 Å². The van der Waals surface area contributed by atoms with Gasteiger partial charge in [-0.15, -0.1) is 0 Å². The Morgan fingerprint density at radius 1 is 1.17 bits per heavy atom. The van der Waals surface area contributed by atoms with Crippen LogP contribution in [0.1, 0.15) is 58.8 Å². The number of hydrogen-bond donors (Lipinski definition) is 1. The van der Waals surface area contributed by atoms with Crippen molar-refractivity contribution in [2.75, 3.05) is 19.8 Å². The first kappa shape index (κ1) is 14.3. The van der Waals surface area contributed by atoms with E-state index in [2.05, 4.69) is 19.2 Å². The van der Waals surface area contributed by atoms with E-state index in [4.69, 9.17) is 9.47 Å². The lowest BCUT2D eigenvalue weighted by Gasteiger charge is -2.45. The normalized spacial score (nSPS) is 29.2. The summed E-state index contributed by atoms with van der Waals surface area (Å²) in [6.07, 6.45) is 9.44. The van der Waals surface area contributed by atoms with Crippen LogP contribution in [-0.2, 0) is 9.47 Å². The number of hydrogen-bond acceptors (Lipinski definition) is 3. The maximum Gasteiger partial charge on any atom is 0.0857 e. The molecule has 1 unspecified atom stereocenters. The highest BCUT2D eigenvalue weighted by molar-refractivity contribution is 4.96. The molecule has 3 nitrogen and oxygen atoms in total. The predicted octanol–water partition coefficient (Wildman–Crippen LogP) is 2.88. The molecule has 1 atom stereocenters. The highest BCUT2D eigenvalue weighted by Crippen LogP contribution is 2.34. The molecule has 0 aromatic rings. The fourth-order valence-corrected chi connectivity index (χ4v) is 3.27. The maximum absolute atomic E-state index is 6.24. The quantitative estimate of drug-likeness (QED) is 0.841. The summed E-state index contributed by atoms with van der Waals surface area (Å²) in [5, 5.41) is 3.63. The smallest absolute Gasteiger partial charge is 0.0857 e. The molecule has 0 bridgehead atoms. The van der Waals surface area contributed by atoms with Gasteiger partial charge in [-0.25, -0.2) is 0 Å². The molecule has 106 valence electrons. The van der Waals surface area contributed by atoms with E-state index < -0.39 is 0 Å². The maximum atomic E-state index is 6.24. The Hall–Kier alpha value is -0.120. The molecule has 1 saturated heterocycles. The van der Waals surface area contributed by atoms with Crippen LogP contribution >= 0.6 is 0 Å². The summed E-state index contributed by atoms with van der Waals surface area (Å²) in [7, 11) is 0. The van der Waals surface area contributed by atoms with Crippen LogP contribution in [-0.4, -0.2) is 37.5 Å². The Bertz CT molecular complexity index is 235. The summed E-state index contributed by atoms with van der Waals surface area (Å²) in [6.45, 7) is 6.83. The van der Waals surface area contributed by atoms with Gasteiger partial charge in [0.05, 0.1) is 31.0 Å². The zero-order valence-electron chi connectivity index (χ0n) is 12.0. The molecule has 1 heterocycles. The van der Waals surface area contributed by atoms with Crippen molar-refractivity contribution in [2.45, 2.75) is 76.5 Å². The van der Waals surface area contributed by atoms with Gasteiger partial charge >= 0.3 is 0 Å². The second kappa shape index (κ2) is 6.88. The van der Waals surface area contributed by atoms with Gasteiger partial charge in [0.25, 0.3) is 0 Å². The van der Waals surface area contributed by atoms with Crippen LogP contribution in [0.5, 0.6) is 0 Å². The lowest BCUT2D eigenvalue weighted by atomic mass is 9.80. The summed E-state index contributed by atoms with van der Waals surface area (Å²) in [4.78, 5) is 0. The van der Waals surface area contributed by atoms with Crippen LogP contribution in [0.4, 0.5) is 0 Å². The van der Waals surface area contributed by atoms with E-state index in [1.165, 1.54) is 44.9 Å². The van der Waals surface area contributed by atoms with Crippen molar-refractivity contribution < 1.29 is 9.47 Å². The van der Waals surface area contributed by atoms with Gasteiger partial charge in [-0.3, -0.25) is 0 Å². The van der Waals surface area contributed by atoms with E-state index in [1.54, 1.807) is 0 Å². The van der Waals surface area contributed by atoms with Crippen LogP contribution < -0.4 is 5.32 Å². The van der Waals surface area contributed by atoms with Crippen molar-refractivity contribution >= 4 is 0 Å². The topological polar surface area (TPSA) is 30.5 Å². The van der Waals surface area contributed by atoms with E-state index in [0.29, 0.717) is 12.1 Å². The predicted molar refractivity (Wildman–Crippen MR) is 73.9 cm³/mol. The highest BCUT2D eigenvalue weighted by atomic mass is 16.5. The van der Waals surface area contributed by atoms with Crippen LogP contribution in [0, 0.1) is 0 Å². The third-order valence-electron chi connectivity index (χ3n) is 4.31. The van der Waals surface area contributed by atoms with Crippen molar-refractivity contribution in [1.29, 1.82) is 0 Å². The molecule has 2 fully saturated rings. The molecule has 1 spiro atoms. The average Bonchev–Trinajstić information content (AvgIpc) is 2.33. The van der Waals surface area contributed by atoms with Crippen molar-refractivity contribution in [2.24, 2.45) is 0 Å². The standard InChI is InChI=1S/C15H29NO2/c1-13(2)17-12-14-15(18-11-10-16-14)8-6-4-3-5-7-9-15/h13-14,16H,3-12H2,1-2H3. The zero-order chi connectivity index (χ0) is 12.8. The molecule has 0 aromatic heterocycles. The molecule has 2 aliphatic rings. The summed E-state index contributed by atoms with van der Waals surface area (Å²) in [6, 6.07) is 0.381. The van der Waals surface area contributed by atoms with Crippen molar-refractivity contribution in [3.05, 3.63) is 0 Å². The molecule has 2 rings (SSSR count). The van der Waals surface area contributed by atoms with Gasteiger partial charge < -0.3 is 14.8 Å². The van der Waals surface area contributed by atoms with Gasteiger partial charge in [0.15, 0.2) is 0 Å². The molecule has 3 heteroatoms. The zero-order valence-corrected chi connectivity index (χ0v) is 12.0. The third-order valence-corrected chi connectivity index (χ3v) is 4.31. The molecule has 0 amide bonds.